The number of likely N-dealkylation sites (N-methyl/N-ethyl adjacent to an activating group) is 1. The van der Waals surface area contributed by atoms with E-state index in [0.717, 1.165) is 23.1 Å². The first-order chi connectivity index (χ1) is 11.6. The highest BCUT2D eigenvalue weighted by Crippen LogP contribution is 2.15. The molecule has 0 saturated heterocycles. The number of aliphatic imine (C=N–C) groups is 1. The first kappa shape index (κ1) is 18.1. The number of rotatable bonds is 6. The number of hydrogen-bond acceptors (Lipinski definition) is 3. The minimum Gasteiger partial charge on any atom is -0.492 e. The summed E-state index contributed by atoms with van der Waals surface area (Å²) in [4.78, 5) is 10.8. The zero-order chi connectivity index (χ0) is 17.4. The molecule has 0 fully saturated rings. The van der Waals surface area contributed by atoms with E-state index in [1.165, 1.54) is 0 Å². The van der Waals surface area contributed by atoms with Crippen molar-refractivity contribution in [2.24, 2.45) is 4.99 Å². The molecule has 1 N–H and O–H groups in total. The van der Waals surface area contributed by atoms with Crippen LogP contribution in [-0.2, 0) is 6.54 Å². The van der Waals surface area contributed by atoms with Gasteiger partial charge in [0.25, 0.3) is 0 Å². The van der Waals surface area contributed by atoms with E-state index in [-0.39, 0.29) is 0 Å². The molecule has 1 aromatic heterocycles. The predicted octanol–water partition coefficient (Wildman–Crippen LogP) is 3.13. The summed E-state index contributed by atoms with van der Waals surface area (Å²) in [5.74, 6) is 1.61. The maximum atomic E-state index is 5.86. The number of guanidine groups is 1. The van der Waals surface area contributed by atoms with Gasteiger partial charge in [-0.2, -0.15) is 0 Å². The molecule has 24 heavy (non-hydrogen) atoms. The summed E-state index contributed by atoms with van der Waals surface area (Å²) in [6.45, 7) is 3.89. The standard InChI is InChI=1S/C18H23ClN4O/c1-14-5-4-6-16(22-14)13-21-18(20-2)23(3)11-12-24-17-9-7-15(19)8-10-17/h4-10H,11-13H2,1-3H3,(H,20,21). The van der Waals surface area contributed by atoms with Crippen molar-refractivity contribution in [3.05, 3.63) is 58.9 Å². The highest BCUT2D eigenvalue weighted by Gasteiger charge is 2.06. The fraction of sp³-hybridized carbons (Fsp3) is 0.333. The maximum Gasteiger partial charge on any atom is 0.193 e. The number of halogens is 1. The van der Waals surface area contributed by atoms with Crippen LogP contribution < -0.4 is 10.1 Å². The second-order valence-corrected chi connectivity index (χ2v) is 5.83. The van der Waals surface area contributed by atoms with Crippen molar-refractivity contribution >= 4 is 17.6 Å². The van der Waals surface area contributed by atoms with Crippen molar-refractivity contribution in [2.45, 2.75) is 13.5 Å². The van der Waals surface area contributed by atoms with Gasteiger partial charge >= 0.3 is 0 Å². The minimum absolute atomic E-state index is 0.557. The zero-order valence-corrected chi connectivity index (χ0v) is 15.0. The Morgan fingerprint density at radius 2 is 2.00 bits per heavy atom. The number of benzene rings is 1. The molecular weight excluding hydrogens is 324 g/mol. The molecule has 0 atom stereocenters. The van der Waals surface area contributed by atoms with Crippen molar-refractivity contribution in [1.82, 2.24) is 15.2 Å². The van der Waals surface area contributed by atoms with Crippen molar-refractivity contribution in [2.75, 3.05) is 27.2 Å². The molecule has 0 saturated carbocycles. The van der Waals surface area contributed by atoms with Crippen LogP contribution in [0.5, 0.6) is 5.75 Å². The maximum absolute atomic E-state index is 5.86. The Morgan fingerprint density at radius 3 is 2.67 bits per heavy atom. The van der Waals surface area contributed by atoms with Gasteiger partial charge in [0.05, 0.1) is 18.8 Å². The number of aromatic nitrogens is 1. The average Bonchev–Trinajstić information content (AvgIpc) is 2.57. The SMILES string of the molecule is CN=C(NCc1cccc(C)n1)N(C)CCOc1ccc(Cl)cc1. The molecule has 0 bridgehead atoms. The van der Waals surface area contributed by atoms with E-state index in [9.17, 15) is 0 Å². The lowest BCUT2D eigenvalue weighted by atomic mass is 10.3. The lowest BCUT2D eigenvalue weighted by Gasteiger charge is -2.22. The predicted molar refractivity (Wildman–Crippen MR) is 98.7 cm³/mol. The number of pyridine rings is 1. The van der Waals surface area contributed by atoms with Gasteiger partial charge in [-0.25, -0.2) is 0 Å². The van der Waals surface area contributed by atoms with E-state index in [0.29, 0.717) is 24.7 Å². The molecule has 2 aromatic rings. The van der Waals surface area contributed by atoms with Gasteiger partial charge < -0.3 is 15.0 Å². The summed E-state index contributed by atoms with van der Waals surface area (Å²) in [6.07, 6.45) is 0. The van der Waals surface area contributed by atoms with Crippen LogP contribution in [0.3, 0.4) is 0 Å². The molecular formula is C18H23ClN4O. The topological polar surface area (TPSA) is 49.8 Å². The first-order valence-corrected chi connectivity index (χ1v) is 8.19. The Morgan fingerprint density at radius 1 is 1.25 bits per heavy atom. The highest BCUT2D eigenvalue weighted by molar-refractivity contribution is 6.30. The molecule has 0 unspecified atom stereocenters. The van der Waals surface area contributed by atoms with Crippen LogP contribution in [0.25, 0.3) is 0 Å². The normalized spacial score (nSPS) is 11.2. The Balaban J connectivity index is 1.78. The van der Waals surface area contributed by atoms with Crippen LogP contribution in [0.4, 0.5) is 0 Å². The summed E-state index contributed by atoms with van der Waals surface area (Å²) in [6, 6.07) is 13.3. The largest absolute Gasteiger partial charge is 0.492 e. The molecule has 0 aliphatic rings. The van der Waals surface area contributed by atoms with Crippen LogP contribution in [0.15, 0.2) is 47.5 Å². The third kappa shape index (κ3) is 5.74. The Kier molecular flexibility index (Phi) is 6.88. The van der Waals surface area contributed by atoms with Crippen LogP contribution in [-0.4, -0.2) is 43.1 Å². The number of aryl methyl sites for hydroxylation is 1. The Hall–Kier alpha value is -2.27. The summed E-state index contributed by atoms with van der Waals surface area (Å²) in [7, 11) is 3.74. The molecule has 6 heteroatoms. The van der Waals surface area contributed by atoms with Gasteiger partial charge in [0.2, 0.25) is 0 Å². The van der Waals surface area contributed by atoms with Gasteiger partial charge in [0.15, 0.2) is 5.96 Å². The molecule has 1 heterocycles. The molecule has 0 spiro atoms. The fourth-order valence-electron chi connectivity index (χ4n) is 2.19. The van der Waals surface area contributed by atoms with Crippen molar-refractivity contribution in [3.8, 4) is 5.75 Å². The fourth-order valence-corrected chi connectivity index (χ4v) is 2.32. The van der Waals surface area contributed by atoms with Crippen LogP contribution in [0.2, 0.25) is 5.02 Å². The molecule has 0 aliphatic carbocycles. The molecule has 0 aliphatic heterocycles. The van der Waals surface area contributed by atoms with Gasteiger partial charge in [-0.05, 0) is 43.3 Å². The van der Waals surface area contributed by atoms with Crippen molar-refractivity contribution in [3.63, 3.8) is 0 Å². The van der Waals surface area contributed by atoms with E-state index in [1.807, 2.05) is 61.3 Å². The number of hydrogen-bond donors (Lipinski definition) is 1. The summed E-state index contributed by atoms with van der Waals surface area (Å²) in [5.41, 5.74) is 2.00. The molecule has 0 amide bonds. The van der Waals surface area contributed by atoms with E-state index in [1.54, 1.807) is 7.05 Å². The zero-order valence-electron chi connectivity index (χ0n) is 14.3. The Bertz CT molecular complexity index is 673. The van der Waals surface area contributed by atoms with Crippen molar-refractivity contribution in [1.29, 1.82) is 0 Å². The van der Waals surface area contributed by atoms with Gasteiger partial charge in [0.1, 0.15) is 12.4 Å². The summed E-state index contributed by atoms with van der Waals surface area (Å²) in [5, 5.41) is 4.01. The van der Waals surface area contributed by atoms with Crippen LogP contribution >= 0.6 is 11.6 Å². The molecule has 0 radical (unpaired) electrons. The first-order valence-electron chi connectivity index (χ1n) is 7.81. The lowest BCUT2D eigenvalue weighted by molar-refractivity contribution is 0.281. The molecule has 1 aromatic carbocycles. The van der Waals surface area contributed by atoms with Gasteiger partial charge in [-0.15, -0.1) is 0 Å². The van der Waals surface area contributed by atoms with Gasteiger partial charge in [-0.3, -0.25) is 9.98 Å². The minimum atomic E-state index is 0.557. The average molecular weight is 347 g/mol. The van der Waals surface area contributed by atoms with Gasteiger partial charge in [0, 0.05) is 24.8 Å². The lowest BCUT2D eigenvalue weighted by Crippen LogP contribution is -2.40. The van der Waals surface area contributed by atoms with E-state index in [4.69, 9.17) is 16.3 Å². The third-order valence-corrected chi connectivity index (χ3v) is 3.71. The monoisotopic (exact) mass is 346 g/mol. The van der Waals surface area contributed by atoms with Crippen LogP contribution in [0.1, 0.15) is 11.4 Å². The highest BCUT2D eigenvalue weighted by atomic mass is 35.5. The quantitative estimate of drug-likeness (QED) is 0.645. The number of nitrogens with one attached hydrogen (secondary N) is 1. The molecule has 128 valence electrons. The van der Waals surface area contributed by atoms with E-state index < -0.39 is 0 Å². The number of nitrogens with zero attached hydrogens (tertiary/aromatic N) is 3. The number of ether oxygens (including phenoxy) is 1. The third-order valence-electron chi connectivity index (χ3n) is 3.46. The Labute approximate surface area is 148 Å². The molecule has 2 rings (SSSR count). The van der Waals surface area contributed by atoms with E-state index >= 15 is 0 Å². The van der Waals surface area contributed by atoms with Gasteiger partial charge in [-0.1, -0.05) is 17.7 Å². The molecule has 5 nitrogen and oxygen atoms in total. The smallest absolute Gasteiger partial charge is 0.193 e. The van der Waals surface area contributed by atoms with E-state index in [2.05, 4.69) is 15.3 Å². The second kappa shape index (κ2) is 9.13. The summed E-state index contributed by atoms with van der Waals surface area (Å²) < 4.78 is 5.71. The van der Waals surface area contributed by atoms with Crippen molar-refractivity contribution < 1.29 is 4.74 Å². The second-order valence-electron chi connectivity index (χ2n) is 5.40. The van der Waals surface area contributed by atoms with Crippen LogP contribution in [0, 0.1) is 6.92 Å². The summed E-state index contributed by atoms with van der Waals surface area (Å²) >= 11 is 5.86.